The van der Waals surface area contributed by atoms with Crippen LogP contribution in [0.5, 0.6) is 0 Å². The number of rotatable bonds is 5. The number of benzene rings is 1. The number of hydrogen-bond acceptors (Lipinski definition) is 2. The Morgan fingerprint density at radius 2 is 2.06 bits per heavy atom. The molecule has 0 bridgehead atoms. The quantitative estimate of drug-likeness (QED) is 0.718. The van der Waals surface area contributed by atoms with Crippen molar-refractivity contribution in [1.82, 2.24) is 0 Å². The van der Waals surface area contributed by atoms with Gasteiger partial charge in [0, 0.05) is 10.8 Å². The molecule has 1 aromatic carbocycles. The Morgan fingerprint density at radius 3 is 2.69 bits per heavy atom. The number of carbonyl (C=O) groups is 1. The third-order valence-electron chi connectivity index (χ3n) is 2.77. The Bertz CT molecular complexity index is 371. The molecule has 0 N–H and O–H groups in total. The van der Waals surface area contributed by atoms with Crippen LogP contribution in [0.3, 0.4) is 0 Å². The van der Waals surface area contributed by atoms with Gasteiger partial charge in [-0.05, 0) is 31.9 Å². The lowest BCUT2D eigenvalue weighted by molar-refractivity contribution is 0.102. The maximum atomic E-state index is 12.0. The molecule has 0 aliphatic carbocycles. The molecule has 1 aromatic rings. The second-order valence-corrected chi connectivity index (χ2v) is 5.70. The molecule has 0 aliphatic heterocycles. The Labute approximate surface area is 103 Å². The maximum Gasteiger partial charge on any atom is 0.173 e. The highest BCUT2D eigenvalue weighted by atomic mass is 32.2. The lowest BCUT2D eigenvalue weighted by atomic mass is 10.0. The second-order valence-electron chi connectivity index (χ2n) is 4.27. The molecule has 88 valence electrons. The number of carbonyl (C=O) groups excluding carboxylic acids is 1. The van der Waals surface area contributed by atoms with Gasteiger partial charge in [-0.15, -0.1) is 0 Å². The number of aryl methyl sites for hydroxylation is 2. The molecule has 1 unspecified atom stereocenters. The molecule has 0 aromatic heterocycles. The highest BCUT2D eigenvalue weighted by molar-refractivity contribution is 8.00. The van der Waals surface area contributed by atoms with Crippen molar-refractivity contribution < 1.29 is 4.79 Å². The summed E-state index contributed by atoms with van der Waals surface area (Å²) < 4.78 is 0. The first-order chi connectivity index (χ1) is 7.54. The Balaban J connectivity index is 2.69. The average Bonchev–Trinajstić information content (AvgIpc) is 2.28. The Hall–Kier alpha value is -0.760. The molecule has 0 radical (unpaired) electrons. The molecular weight excluding hydrogens is 216 g/mol. The first-order valence-corrected chi connectivity index (χ1v) is 6.81. The fraction of sp³-hybridized carbons (Fsp3) is 0.500. The summed E-state index contributed by atoms with van der Waals surface area (Å²) in [5.41, 5.74) is 3.12. The minimum Gasteiger partial charge on any atom is -0.293 e. The van der Waals surface area contributed by atoms with Crippen LogP contribution >= 0.6 is 11.8 Å². The van der Waals surface area contributed by atoms with Gasteiger partial charge in [0.05, 0.1) is 5.75 Å². The van der Waals surface area contributed by atoms with Gasteiger partial charge < -0.3 is 0 Å². The van der Waals surface area contributed by atoms with E-state index in [9.17, 15) is 4.79 Å². The molecule has 0 spiro atoms. The van der Waals surface area contributed by atoms with Crippen LogP contribution in [0.2, 0.25) is 0 Å². The van der Waals surface area contributed by atoms with Gasteiger partial charge in [-0.2, -0.15) is 11.8 Å². The maximum absolute atomic E-state index is 12.0. The van der Waals surface area contributed by atoms with Crippen molar-refractivity contribution in [2.45, 2.75) is 39.4 Å². The lowest BCUT2D eigenvalue weighted by Crippen LogP contribution is -2.08. The van der Waals surface area contributed by atoms with E-state index in [1.54, 1.807) is 11.8 Å². The van der Waals surface area contributed by atoms with Crippen LogP contribution in [-0.4, -0.2) is 16.8 Å². The van der Waals surface area contributed by atoms with Gasteiger partial charge in [-0.3, -0.25) is 4.79 Å². The Morgan fingerprint density at radius 1 is 1.38 bits per heavy atom. The van der Waals surface area contributed by atoms with Crippen molar-refractivity contribution in [3.63, 3.8) is 0 Å². The van der Waals surface area contributed by atoms with Crippen molar-refractivity contribution >= 4 is 17.5 Å². The van der Waals surface area contributed by atoms with Crippen molar-refractivity contribution in [1.29, 1.82) is 0 Å². The van der Waals surface area contributed by atoms with E-state index in [0.29, 0.717) is 11.0 Å². The van der Waals surface area contributed by atoms with E-state index in [-0.39, 0.29) is 5.78 Å². The third kappa shape index (κ3) is 3.67. The van der Waals surface area contributed by atoms with E-state index in [1.165, 1.54) is 0 Å². The topological polar surface area (TPSA) is 17.1 Å². The van der Waals surface area contributed by atoms with Gasteiger partial charge in [0.1, 0.15) is 0 Å². The van der Waals surface area contributed by atoms with Crippen LogP contribution in [0.25, 0.3) is 0 Å². The first-order valence-electron chi connectivity index (χ1n) is 5.76. The number of ketones is 1. The van der Waals surface area contributed by atoms with E-state index in [0.717, 1.165) is 23.1 Å². The van der Waals surface area contributed by atoms with Gasteiger partial charge in [-0.1, -0.05) is 31.5 Å². The summed E-state index contributed by atoms with van der Waals surface area (Å²) in [5.74, 6) is 0.853. The van der Waals surface area contributed by atoms with E-state index in [4.69, 9.17) is 0 Å². The van der Waals surface area contributed by atoms with Gasteiger partial charge in [0.25, 0.3) is 0 Å². The Kier molecular flexibility index (Phi) is 5.07. The fourth-order valence-electron chi connectivity index (χ4n) is 1.45. The molecule has 1 atom stereocenters. The van der Waals surface area contributed by atoms with Gasteiger partial charge >= 0.3 is 0 Å². The minimum atomic E-state index is 0.256. The summed E-state index contributed by atoms with van der Waals surface area (Å²) in [6.07, 6.45) is 1.12. The monoisotopic (exact) mass is 236 g/mol. The minimum absolute atomic E-state index is 0.256. The molecule has 1 nitrogen and oxygen atoms in total. The average molecular weight is 236 g/mol. The highest BCUT2D eigenvalue weighted by Gasteiger charge is 2.10. The van der Waals surface area contributed by atoms with Crippen molar-refractivity contribution in [3.05, 3.63) is 34.9 Å². The van der Waals surface area contributed by atoms with Crippen LogP contribution in [0.1, 0.15) is 41.8 Å². The summed E-state index contributed by atoms with van der Waals surface area (Å²) >= 11 is 1.74. The molecule has 0 aliphatic rings. The van der Waals surface area contributed by atoms with Crippen molar-refractivity contribution in [2.24, 2.45) is 0 Å². The van der Waals surface area contributed by atoms with Gasteiger partial charge in [-0.25, -0.2) is 0 Å². The van der Waals surface area contributed by atoms with Gasteiger partial charge in [0.15, 0.2) is 5.78 Å². The van der Waals surface area contributed by atoms with E-state index < -0.39 is 0 Å². The standard InChI is InChI=1S/C14H20OS/c1-5-12(4)16-9-14(15)13-8-10(2)6-7-11(13)3/h6-8,12H,5,9H2,1-4H3. The van der Waals surface area contributed by atoms with E-state index in [2.05, 4.69) is 13.8 Å². The summed E-state index contributed by atoms with van der Waals surface area (Å²) in [5, 5.41) is 0.564. The van der Waals surface area contributed by atoms with Crippen molar-refractivity contribution in [3.8, 4) is 0 Å². The van der Waals surface area contributed by atoms with Crippen LogP contribution < -0.4 is 0 Å². The van der Waals surface area contributed by atoms with E-state index in [1.807, 2.05) is 32.0 Å². The summed E-state index contributed by atoms with van der Waals surface area (Å²) in [6, 6.07) is 6.07. The summed E-state index contributed by atoms with van der Waals surface area (Å²) in [7, 11) is 0. The largest absolute Gasteiger partial charge is 0.293 e. The SMILES string of the molecule is CCC(C)SCC(=O)c1cc(C)ccc1C. The summed E-state index contributed by atoms with van der Waals surface area (Å²) in [6.45, 7) is 8.35. The molecule has 0 heterocycles. The fourth-order valence-corrected chi connectivity index (χ4v) is 2.28. The molecule has 0 fully saturated rings. The molecule has 0 saturated carbocycles. The zero-order valence-corrected chi connectivity index (χ0v) is 11.4. The molecule has 0 amide bonds. The summed E-state index contributed by atoms with van der Waals surface area (Å²) in [4.78, 5) is 12.0. The molecular formula is C14H20OS. The molecule has 0 saturated heterocycles. The van der Waals surface area contributed by atoms with Crippen LogP contribution in [-0.2, 0) is 0 Å². The predicted molar refractivity (Wildman–Crippen MR) is 72.5 cm³/mol. The zero-order chi connectivity index (χ0) is 12.1. The number of hydrogen-bond donors (Lipinski definition) is 0. The number of Topliss-reactive ketones (excluding diaryl/α,β-unsaturated/α-hetero) is 1. The van der Waals surface area contributed by atoms with Gasteiger partial charge in [0.2, 0.25) is 0 Å². The van der Waals surface area contributed by atoms with Crippen LogP contribution in [0.4, 0.5) is 0 Å². The predicted octanol–water partition coefficient (Wildman–Crippen LogP) is 4.02. The van der Waals surface area contributed by atoms with Crippen LogP contribution in [0, 0.1) is 13.8 Å². The third-order valence-corrected chi connectivity index (χ3v) is 4.10. The van der Waals surface area contributed by atoms with E-state index >= 15 is 0 Å². The zero-order valence-electron chi connectivity index (χ0n) is 10.5. The first kappa shape index (κ1) is 13.3. The lowest BCUT2D eigenvalue weighted by Gasteiger charge is -2.09. The molecule has 2 heteroatoms. The number of thioether (sulfide) groups is 1. The molecule has 1 rings (SSSR count). The molecule has 16 heavy (non-hydrogen) atoms. The highest BCUT2D eigenvalue weighted by Crippen LogP contribution is 2.18. The van der Waals surface area contributed by atoms with Crippen molar-refractivity contribution in [2.75, 3.05) is 5.75 Å². The smallest absolute Gasteiger partial charge is 0.173 e. The second kappa shape index (κ2) is 6.09. The normalized spacial score (nSPS) is 12.5. The van der Waals surface area contributed by atoms with Crippen LogP contribution in [0.15, 0.2) is 18.2 Å².